The molecule has 2 N–H and O–H groups in total. The summed E-state index contributed by atoms with van der Waals surface area (Å²) < 4.78 is 4.61. The smallest absolute Gasteiger partial charge is 0.337 e. The molecule has 0 saturated carbocycles. The molecule has 0 unspecified atom stereocenters. The maximum absolute atomic E-state index is 12.4. The highest BCUT2D eigenvalue weighted by Crippen LogP contribution is 2.20. The molecular formula is C20H22O5Si. The Labute approximate surface area is 153 Å². The van der Waals surface area contributed by atoms with E-state index in [0.717, 1.165) is 11.3 Å². The van der Waals surface area contributed by atoms with Gasteiger partial charge in [-0.3, -0.25) is 4.79 Å². The summed E-state index contributed by atoms with van der Waals surface area (Å²) in [6.07, 6.45) is 1.05. The molecule has 2 rings (SSSR count). The first kappa shape index (κ1) is 19.5. The highest BCUT2D eigenvalue weighted by Gasteiger charge is 2.19. The van der Waals surface area contributed by atoms with E-state index in [0.29, 0.717) is 11.1 Å². The van der Waals surface area contributed by atoms with Gasteiger partial charge in [0.15, 0.2) is 5.78 Å². The Morgan fingerprint density at radius 2 is 1.58 bits per heavy atom. The molecule has 0 heterocycles. The third-order valence-electron chi connectivity index (χ3n) is 4.00. The number of carbonyl (C=O) groups excluding carboxylic acids is 2. The van der Waals surface area contributed by atoms with Crippen LogP contribution in [0, 0.1) is 0 Å². The van der Waals surface area contributed by atoms with E-state index in [1.165, 1.54) is 31.4 Å². The monoisotopic (exact) mass is 370 g/mol. The first-order chi connectivity index (χ1) is 12.1. The Hall–Kier alpha value is -2.86. The predicted octanol–water partition coefficient (Wildman–Crippen LogP) is 3.51. The van der Waals surface area contributed by atoms with Crippen molar-refractivity contribution in [3.05, 3.63) is 65.2 Å². The van der Waals surface area contributed by atoms with Gasteiger partial charge in [-0.25, -0.2) is 4.79 Å². The molecule has 6 heteroatoms. The number of ether oxygens (including phenoxy) is 1. The first-order valence-corrected chi connectivity index (χ1v) is 11.6. The van der Waals surface area contributed by atoms with E-state index in [4.69, 9.17) is 0 Å². The van der Waals surface area contributed by atoms with Gasteiger partial charge in [0.05, 0.1) is 26.3 Å². The number of esters is 1. The summed E-state index contributed by atoms with van der Waals surface area (Å²) in [6.45, 7) is 6.44. The Kier molecular flexibility index (Phi) is 5.67. The van der Waals surface area contributed by atoms with Crippen molar-refractivity contribution in [2.45, 2.75) is 19.6 Å². The van der Waals surface area contributed by atoms with Crippen LogP contribution in [0.5, 0.6) is 5.75 Å². The van der Waals surface area contributed by atoms with Gasteiger partial charge in [0.1, 0.15) is 11.5 Å². The normalized spacial score (nSPS) is 11.9. The van der Waals surface area contributed by atoms with Gasteiger partial charge < -0.3 is 14.9 Å². The van der Waals surface area contributed by atoms with Crippen LogP contribution in [0.15, 0.2) is 48.5 Å². The second kappa shape index (κ2) is 7.57. The van der Waals surface area contributed by atoms with Gasteiger partial charge in [-0.15, -0.1) is 0 Å². The fourth-order valence-corrected chi connectivity index (χ4v) is 3.54. The highest BCUT2D eigenvalue weighted by atomic mass is 28.3. The van der Waals surface area contributed by atoms with Gasteiger partial charge in [-0.2, -0.15) is 0 Å². The number of aliphatic hydroxyl groups is 1. The number of carbonyl (C=O) groups is 2. The lowest BCUT2D eigenvalue weighted by atomic mass is 10.1. The van der Waals surface area contributed by atoms with Crippen LogP contribution >= 0.6 is 0 Å². The number of phenols is 1. The third kappa shape index (κ3) is 4.40. The van der Waals surface area contributed by atoms with E-state index in [1.54, 1.807) is 12.1 Å². The molecule has 5 nitrogen and oxygen atoms in total. The minimum Gasteiger partial charge on any atom is -0.507 e. The summed E-state index contributed by atoms with van der Waals surface area (Å²) in [5.41, 5.74) is 0.851. The fraction of sp³-hybridized carbons (Fsp3) is 0.200. The van der Waals surface area contributed by atoms with E-state index in [-0.39, 0.29) is 17.1 Å². The molecule has 0 amide bonds. The molecular weight excluding hydrogens is 348 g/mol. The molecule has 0 bridgehead atoms. The number of ketones is 1. The summed E-state index contributed by atoms with van der Waals surface area (Å²) in [5.74, 6) is -1.33. The molecule has 26 heavy (non-hydrogen) atoms. The number of rotatable bonds is 5. The third-order valence-corrected chi connectivity index (χ3v) is 6.04. The molecule has 0 saturated heterocycles. The molecule has 0 radical (unpaired) electrons. The molecule has 136 valence electrons. The Morgan fingerprint density at radius 3 is 2.08 bits per heavy atom. The van der Waals surface area contributed by atoms with Crippen molar-refractivity contribution in [2.75, 3.05) is 7.11 Å². The second-order valence-electron chi connectivity index (χ2n) is 6.94. The van der Waals surface area contributed by atoms with Crippen molar-refractivity contribution in [1.82, 2.24) is 0 Å². The van der Waals surface area contributed by atoms with Gasteiger partial charge in [-0.05, 0) is 24.3 Å². The van der Waals surface area contributed by atoms with Crippen LogP contribution in [-0.4, -0.2) is 37.1 Å². The Balaban J connectivity index is 2.26. The predicted molar refractivity (Wildman–Crippen MR) is 104 cm³/mol. The Bertz CT molecular complexity index is 861. The molecule has 0 aliphatic heterocycles. The topological polar surface area (TPSA) is 83.8 Å². The first-order valence-electron chi connectivity index (χ1n) is 8.10. The number of methoxy groups -OCH3 is 1. The molecule has 0 aliphatic carbocycles. The van der Waals surface area contributed by atoms with E-state index in [9.17, 15) is 19.8 Å². The van der Waals surface area contributed by atoms with Gasteiger partial charge in [0.2, 0.25) is 0 Å². The minimum atomic E-state index is -1.60. The lowest BCUT2D eigenvalue weighted by Gasteiger charge is -2.17. The van der Waals surface area contributed by atoms with Crippen molar-refractivity contribution in [3.8, 4) is 5.75 Å². The molecule has 0 aliphatic rings. The number of aliphatic hydroxyl groups excluding tert-OH is 1. The lowest BCUT2D eigenvalue weighted by Crippen LogP contribution is -2.37. The van der Waals surface area contributed by atoms with E-state index < -0.39 is 19.8 Å². The van der Waals surface area contributed by atoms with Crippen LogP contribution in [-0.2, 0) is 4.74 Å². The van der Waals surface area contributed by atoms with Crippen molar-refractivity contribution >= 4 is 30.8 Å². The van der Waals surface area contributed by atoms with Crippen LogP contribution in [0.1, 0.15) is 26.3 Å². The summed E-state index contributed by atoms with van der Waals surface area (Å²) in [5, 5.41) is 21.4. The maximum Gasteiger partial charge on any atom is 0.337 e. The zero-order valence-corrected chi connectivity index (χ0v) is 16.2. The standard InChI is InChI=1S/C20H22O5Si/c1-25-20(24)14-7-5-13(6-8-14)17(21)12-19(23)16-10-9-15(11-18(16)22)26(2,3)4/h5-12,21-22H,1-4H3. The van der Waals surface area contributed by atoms with E-state index in [1.807, 2.05) is 6.07 Å². The summed E-state index contributed by atoms with van der Waals surface area (Å²) >= 11 is 0. The van der Waals surface area contributed by atoms with Crippen LogP contribution < -0.4 is 5.19 Å². The molecule has 2 aromatic rings. The lowest BCUT2D eigenvalue weighted by molar-refractivity contribution is 0.0600. The summed E-state index contributed by atoms with van der Waals surface area (Å²) in [4.78, 5) is 23.8. The van der Waals surface area contributed by atoms with Gasteiger partial charge in [0.25, 0.3) is 0 Å². The maximum atomic E-state index is 12.4. The van der Waals surface area contributed by atoms with Crippen LogP contribution in [0.2, 0.25) is 19.6 Å². The fourth-order valence-electron chi connectivity index (χ4n) is 2.39. The number of phenolic OH excluding ortho intramolecular Hbond substituents is 1. The average Bonchev–Trinajstić information content (AvgIpc) is 2.60. The van der Waals surface area contributed by atoms with Crippen LogP contribution in [0.3, 0.4) is 0 Å². The van der Waals surface area contributed by atoms with E-state index >= 15 is 0 Å². The molecule has 2 aromatic carbocycles. The number of benzene rings is 2. The van der Waals surface area contributed by atoms with Gasteiger partial charge in [0, 0.05) is 11.6 Å². The number of allylic oxidation sites excluding steroid dienone is 1. The van der Waals surface area contributed by atoms with Crippen molar-refractivity contribution in [3.63, 3.8) is 0 Å². The number of hydrogen-bond donors (Lipinski definition) is 2. The van der Waals surface area contributed by atoms with Crippen molar-refractivity contribution in [1.29, 1.82) is 0 Å². The quantitative estimate of drug-likeness (QED) is 0.277. The molecule has 0 atom stereocenters. The van der Waals surface area contributed by atoms with Crippen molar-refractivity contribution < 1.29 is 24.5 Å². The van der Waals surface area contributed by atoms with E-state index in [2.05, 4.69) is 24.4 Å². The minimum absolute atomic E-state index is 0.0972. The highest BCUT2D eigenvalue weighted by molar-refractivity contribution is 6.88. The zero-order chi connectivity index (χ0) is 19.5. The average molecular weight is 370 g/mol. The zero-order valence-electron chi connectivity index (χ0n) is 15.2. The summed E-state index contributed by atoms with van der Waals surface area (Å²) in [7, 11) is -0.315. The number of hydrogen-bond acceptors (Lipinski definition) is 5. The van der Waals surface area contributed by atoms with Gasteiger partial charge in [-0.1, -0.05) is 43.0 Å². The second-order valence-corrected chi connectivity index (χ2v) is 12.0. The Morgan fingerprint density at radius 1 is 1.00 bits per heavy atom. The SMILES string of the molecule is COC(=O)c1ccc(C(O)=CC(=O)c2ccc([Si](C)(C)C)cc2O)cc1. The van der Waals surface area contributed by atoms with Crippen LogP contribution in [0.4, 0.5) is 0 Å². The van der Waals surface area contributed by atoms with Crippen LogP contribution in [0.25, 0.3) is 5.76 Å². The van der Waals surface area contributed by atoms with Crippen molar-refractivity contribution in [2.24, 2.45) is 0 Å². The largest absolute Gasteiger partial charge is 0.507 e. The molecule has 0 spiro atoms. The summed E-state index contributed by atoms with van der Waals surface area (Å²) in [6, 6.07) is 11.1. The number of aromatic hydroxyl groups is 1. The molecule has 0 aromatic heterocycles. The molecule has 0 fully saturated rings. The van der Waals surface area contributed by atoms with Gasteiger partial charge >= 0.3 is 5.97 Å².